The Bertz CT molecular complexity index is 145. The fourth-order valence-corrected chi connectivity index (χ4v) is 2.01. The zero-order valence-electron chi connectivity index (χ0n) is 7.81. The van der Waals surface area contributed by atoms with E-state index < -0.39 is 0 Å². The Hall–Kier alpha value is -0.120. The molecule has 0 aromatic rings. The average Bonchev–Trinajstić information content (AvgIpc) is 2.13. The van der Waals surface area contributed by atoms with E-state index in [2.05, 4.69) is 17.3 Å². The summed E-state index contributed by atoms with van der Waals surface area (Å²) in [5.41, 5.74) is 0.0464. The van der Waals surface area contributed by atoms with E-state index >= 15 is 0 Å². The maximum atomic E-state index is 5.82. The standard InChI is InChI=1S/C9H18N2O/c1-11-6-3-9(4-7-11)10-5-2-8-12-9/h10H,2-8H2,1H3. The second-order valence-corrected chi connectivity index (χ2v) is 3.93. The SMILES string of the molecule is CN1CCC2(CC1)NCCCO2. The molecule has 3 heteroatoms. The zero-order chi connectivity index (χ0) is 8.44. The highest BCUT2D eigenvalue weighted by atomic mass is 16.5. The normalized spacial score (nSPS) is 30.8. The molecule has 2 saturated heterocycles. The van der Waals surface area contributed by atoms with Crippen LogP contribution in [0.15, 0.2) is 0 Å². The molecule has 2 aliphatic heterocycles. The molecular formula is C9H18N2O. The smallest absolute Gasteiger partial charge is 0.121 e. The molecule has 0 atom stereocenters. The molecule has 0 radical (unpaired) electrons. The van der Waals surface area contributed by atoms with Crippen molar-refractivity contribution in [2.45, 2.75) is 25.0 Å². The van der Waals surface area contributed by atoms with Crippen molar-refractivity contribution in [3.05, 3.63) is 0 Å². The van der Waals surface area contributed by atoms with Crippen LogP contribution < -0.4 is 5.32 Å². The van der Waals surface area contributed by atoms with E-state index in [9.17, 15) is 0 Å². The van der Waals surface area contributed by atoms with Gasteiger partial charge in [-0.1, -0.05) is 0 Å². The van der Waals surface area contributed by atoms with Crippen molar-refractivity contribution in [2.75, 3.05) is 33.3 Å². The van der Waals surface area contributed by atoms with Crippen molar-refractivity contribution in [1.82, 2.24) is 10.2 Å². The Balaban J connectivity index is 1.92. The summed E-state index contributed by atoms with van der Waals surface area (Å²) in [6, 6.07) is 0. The summed E-state index contributed by atoms with van der Waals surface area (Å²) in [6.45, 7) is 4.39. The largest absolute Gasteiger partial charge is 0.360 e. The molecule has 12 heavy (non-hydrogen) atoms. The van der Waals surface area contributed by atoms with Gasteiger partial charge in [0.1, 0.15) is 5.72 Å². The molecule has 0 unspecified atom stereocenters. The van der Waals surface area contributed by atoms with Gasteiger partial charge in [-0.3, -0.25) is 5.32 Å². The van der Waals surface area contributed by atoms with E-state index in [1.165, 1.54) is 0 Å². The third kappa shape index (κ3) is 1.63. The van der Waals surface area contributed by atoms with Crippen molar-refractivity contribution >= 4 is 0 Å². The van der Waals surface area contributed by atoms with Gasteiger partial charge in [0.2, 0.25) is 0 Å². The van der Waals surface area contributed by atoms with E-state index in [0.717, 1.165) is 45.5 Å². The molecule has 0 aliphatic carbocycles. The summed E-state index contributed by atoms with van der Waals surface area (Å²) in [5.74, 6) is 0. The fourth-order valence-electron chi connectivity index (χ4n) is 2.01. The monoisotopic (exact) mass is 170 g/mol. The van der Waals surface area contributed by atoms with E-state index in [-0.39, 0.29) is 5.72 Å². The van der Waals surface area contributed by atoms with Crippen LogP contribution in [0, 0.1) is 0 Å². The zero-order valence-corrected chi connectivity index (χ0v) is 7.81. The Morgan fingerprint density at radius 2 is 2.08 bits per heavy atom. The van der Waals surface area contributed by atoms with Crippen molar-refractivity contribution in [1.29, 1.82) is 0 Å². The lowest BCUT2D eigenvalue weighted by atomic mass is 9.99. The van der Waals surface area contributed by atoms with Crippen LogP contribution in [0.1, 0.15) is 19.3 Å². The van der Waals surface area contributed by atoms with Crippen LogP contribution in [0.4, 0.5) is 0 Å². The predicted molar refractivity (Wildman–Crippen MR) is 48.0 cm³/mol. The van der Waals surface area contributed by atoms with Crippen LogP contribution in [0.3, 0.4) is 0 Å². The number of rotatable bonds is 0. The number of hydrogen-bond donors (Lipinski definition) is 1. The van der Waals surface area contributed by atoms with Crippen molar-refractivity contribution in [3.8, 4) is 0 Å². The lowest BCUT2D eigenvalue weighted by Gasteiger charge is -2.43. The maximum Gasteiger partial charge on any atom is 0.121 e. The highest BCUT2D eigenvalue weighted by Crippen LogP contribution is 2.25. The second kappa shape index (κ2) is 3.32. The number of likely N-dealkylation sites (tertiary alicyclic amines) is 1. The van der Waals surface area contributed by atoms with Crippen molar-refractivity contribution in [2.24, 2.45) is 0 Å². The Kier molecular flexibility index (Phi) is 2.35. The third-order valence-electron chi connectivity index (χ3n) is 2.94. The van der Waals surface area contributed by atoms with Gasteiger partial charge in [0.05, 0.1) is 6.61 Å². The molecule has 2 heterocycles. The minimum Gasteiger partial charge on any atom is -0.360 e. The van der Waals surface area contributed by atoms with Gasteiger partial charge >= 0.3 is 0 Å². The summed E-state index contributed by atoms with van der Waals surface area (Å²) in [5, 5.41) is 3.51. The van der Waals surface area contributed by atoms with Gasteiger partial charge in [-0.15, -0.1) is 0 Å². The van der Waals surface area contributed by atoms with E-state index in [1.807, 2.05) is 0 Å². The molecule has 0 aromatic heterocycles. The van der Waals surface area contributed by atoms with Gasteiger partial charge in [-0.05, 0) is 20.0 Å². The van der Waals surface area contributed by atoms with E-state index in [0.29, 0.717) is 0 Å². The van der Waals surface area contributed by atoms with E-state index in [1.54, 1.807) is 0 Å². The maximum absolute atomic E-state index is 5.82. The Morgan fingerprint density at radius 1 is 1.33 bits per heavy atom. The predicted octanol–water partition coefficient (Wildman–Crippen LogP) is 0.418. The molecule has 70 valence electrons. The van der Waals surface area contributed by atoms with Crippen molar-refractivity contribution < 1.29 is 4.74 Å². The molecule has 0 bridgehead atoms. The van der Waals surface area contributed by atoms with Crippen LogP contribution in [-0.2, 0) is 4.74 Å². The minimum absolute atomic E-state index is 0.0464. The van der Waals surface area contributed by atoms with Crippen LogP contribution in [0.25, 0.3) is 0 Å². The van der Waals surface area contributed by atoms with Crippen LogP contribution >= 0.6 is 0 Å². The summed E-state index contributed by atoms with van der Waals surface area (Å²) in [4.78, 5) is 2.37. The second-order valence-electron chi connectivity index (χ2n) is 3.93. The first kappa shape index (κ1) is 8.48. The molecule has 1 spiro atoms. The lowest BCUT2D eigenvalue weighted by Crippen LogP contribution is -2.57. The molecule has 2 rings (SSSR count). The Morgan fingerprint density at radius 3 is 2.67 bits per heavy atom. The number of ether oxygens (including phenoxy) is 1. The van der Waals surface area contributed by atoms with Gasteiger partial charge < -0.3 is 9.64 Å². The lowest BCUT2D eigenvalue weighted by molar-refractivity contribution is -0.124. The number of nitrogens with zero attached hydrogens (tertiary/aromatic N) is 1. The Labute approximate surface area is 74.1 Å². The molecular weight excluding hydrogens is 152 g/mol. The summed E-state index contributed by atoms with van der Waals surface area (Å²) in [7, 11) is 2.18. The summed E-state index contributed by atoms with van der Waals surface area (Å²) < 4.78 is 5.82. The van der Waals surface area contributed by atoms with Gasteiger partial charge in [-0.2, -0.15) is 0 Å². The van der Waals surface area contributed by atoms with Crippen molar-refractivity contribution in [3.63, 3.8) is 0 Å². The highest BCUT2D eigenvalue weighted by molar-refractivity contribution is 4.86. The number of hydrogen-bond acceptors (Lipinski definition) is 3. The minimum atomic E-state index is 0.0464. The number of piperidine rings is 1. The molecule has 2 aliphatic rings. The van der Waals surface area contributed by atoms with Gasteiger partial charge in [0.15, 0.2) is 0 Å². The molecule has 0 amide bonds. The molecule has 2 fully saturated rings. The van der Waals surface area contributed by atoms with Crippen LogP contribution in [-0.4, -0.2) is 43.9 Å². The van der Waals surface area contributed by atoms with Gasteiger partial charge in [0.25, 0.3) is 0 Å². The number of nitrogens with one attached hydrogen (secondary N) is 1. The first-order valence-electron chi connectivity index (χ1n) is 4.88. The molecule has 0 aromatic carbocycles. The first-order valence-corrected chi connectivity index (χ1v) is 4.88. The van der Waals surface area contributed by atoms with Crippen LogP contribution in [0.5, 0.6) is 0 Å². The quantitative estimate of drug-likeness (QED) is 0.570. The van der Waals surface area contributed by atoms with Crippen LogP contribution in [0.2, 0.25) is 0 Å². The highest BCUT2D eigenvalue weighted by Gasteiger charge is 2.35. The fraction of sp³-hybridized carbons (Fsp3) is 1.00. The summed E-state index contributed by atoms with van der Waals surface area (Å²) in [6.07, 6.45) is 3.45. The summed E-state index contributed by atoms with van der Waals surface area (Å²) >= 11 is 0. The third-order valence-corrected chi connectivity index (χ3v) is 2.94. The topological polar surface area (TPSA) is 24.5 Å². The molecule has 1 N–H and O–H groups in total. The molecule has 0 saturated carbocycles. The first-order chi connectivity index (χ1) is 5.81. The average molecular weight is 170 g/mol. The van der Waals surface area contributed by atoms with Gasteiger partial charge in [0, 0.05) is 25.9 Å². The van der Waals surface area contributed by atoms with Gasteiger partial charge in [-0.25, -0.2) is 0 Å². The van der Waals surface area contributed by atoms with E-state index in [4.69, 9.17) is 4.74 Å². The molecule has 3 nitrogen and oxygen atoms in total.